The summed E-state index contributed by atoms with van der Waals surface area (Å²) in [6, 6.07) is 2.15. The van der Waals surface area contributed by atoms with Crippen molar-refractivity contribution < 1.29 is 19.0 Å². The number of carbonyl (C=O) groups excluding carboxylic acids is 1. The SMILES string of the molecule is COC(=O)c1cc(O)c(F)cc1NC(C)C. The number of halogens is 1. The summed E-state index contributed by atoms with van der Waals surface area (Å²) in [5.41, 5.74) is 0.409. The Bertz CT molecular complexity index is 404. The number of rotatable bonds is 3. The van der Waals surface area contributed by atoms with Gasteiger partial charge in [0.05, 0.1) is 18.4 Å². The van der Waals surface area contributed by atoms with E-state index < -0.39 is 17.5 Å². The molecule has 0 spiro atoms. The van der Waals surface area contributed by atoms with E-state index in [1.165, 1.54) is 7.11 Å². The number of phenolic OH excluding ortho intramolecular Hbond substituents is 1. The van der Waals surface area contributed by atoms with Crippen molar-refractivity contribution in [3.05, 3.63) is 23.5 Å². The third-order valence-electron chi connectivity index (χ3n) is 1.94. The number of nitrogens with one attached hydrogen (secondary N) is 1. The Morgan fingerprint density at radius 1 is 1.50 bits per heavy atom. The van der Waals surface area contributed by atoms with Crippen LogP contribution < -0.4 is 5.32 Å². The van der Waals surface area contributed by atoms with Crippen molar-refractivity contribution in [1.82, 2.24) is 0 Å². The molecule has 0 saturated carbocycles. The van der Waals surface area contributed by atoms with E-state index in [0.717, 1.165) is 12.1 Å². The van der Waals surface area contributed by atoms with Crippen LogP contribution >= 0.6 is 0 Å². The first-order chi connectivity index (χ1) is 7.45. The second-order valence-corrected chi connectivity index (χ2v) is 3.64. The van der Waals surface area contributed by atoms with E-state index in [9.17, 15) is 14.3 Å². The summed E-state index contributed by atoms with van der Waals surface area (Å²) in [4.78, 5) is 11.4. The van der Waals surface area contributed by atoms with Crippen molar-refractivity contribution in [2.24, 2.45) is 0 Å². The predicted molar refractivity (Wildman–Crippen MR) is 58.2 cm³/mol. The maximum Gasteiger partial charge on any atom is 0.340 e. The molecule has 88 valence electrons. The molecule has 0 aliphatic rings. The monoisotopic (exact) mass is 227 g/mol. The van der Waals surface area contributed by atoms with Gasteiger partial charge in [-0.25, -0.2) is 9.18 Å². The molecule has 0 aliphatic heterocycles. The van der Waals surface area contributed by atoms with Crippen molar-refractivity contribution in [1.29, 1.82) is 0 Å². The van der Waals surface area contributed by atoms with Crippen molar-refractivity contribution in [3.8, 4) is 5.75 Å². The first-order valence-corrected chi connectivity index (χ1v) is 4.83. The maximum absolute atomic E-state index is 13.1. The molecule has 1 aromatic carbocycles. The Hall–Kier alpha value is -1.78. The van der Waals surface area contributed by atoms with E-state index in [0.29, 0.717) is 5.69 Å². The third-order valence-corrected chi connectivity index (χ3v) is 1.94. The summed E-state index contributed by atoms with van der Waals surface area (Å²) < 4.78 is 17.7. The molecular weight excluding hydrogens is 213 g/mol. The minimum Gasteiger partial charge on any atom is -0.505 e. The molecule has 4 nitrogen and oxygen atoms in total. The first kappa shape index (κ1) is 12.3. The van der Waals surface area contributed by atoms with Crippen LogP contribution in [0.15, 0.2) is 12.1 Å². The van der Waals surface area contributed by atoms with Gasteiger partial charge in [-0.2, -0.15) is 0 Å². The average Bonchev–Trinajstić information content (AvgIpc) is 2.21. The van der Waals surface area contributed by atoms with Crippen LogP contribution in [0.1, 0.15) is 24.2 Å². The zero-order valence-electron chi connectivity index (χ0n) is 9.37. The Balaban J connectivity index is 3.21. The number of aromatic hydroxyl groups is 1. The molecule has 0 amide bonds. The molecule has 16 heavy (non-hydrogen) atoms. The van der Waals surface area contributed by atoms with Crippen LogP contribution in [-0.2, 0) is 4.74 Å². The summed E-state index contributed by atoms with van der Waals surface area (Å²) in [7, 11) is 1.22. The Labute approximate surface area is 93.0 Å². The molecule has 1 aromatic rings. The van der Waals surface area contributed by atoms with Crippen molar-refractivity contribution in [2.75, 3.05) is 12.4 Å². The highest BCUT2D eigenvalue weighted by Gasteiger charge is 2.16. The van der Waals surface area contributed by atoms with Crippen LogP contribution in [0.4, 0.5) is 10.1 Å². The molecule has 0 fully saturated rings. The van der Waals surface area contributed by atoms with Gasteiger partial charge in [0, 0.05) is 12.1 Å². The second kappa shape index (κ2) is 4.83. The molecule has 0 saturated heterocycles. The minimum absolute atomic E-state index is 0.0346. The largest absolute Gasteiger partial charge is 0.505 e. The van der Waals surface area contributed by atoms with E-state index in [1.807, 2.05) is 13.8 Å². The summed E-state index contributed by atoms with van der Waals surface area (Å²) in [6.07, 6.45) is 0. The molecule has 2 N–H and O–H groups in total. The zero-order valence-corrected chi connectivity index (χ0v) is 9.37. The van der Waals surface area contributed by atoms with Gasteiger partial charge in [0.25, 0.3) is 0 Å². The lowest BCUT2D eigenvalue weighted by atomic mass is 10.1. The van der Waals surface area contributed by atoms with Gasteiger partial charge in [0.1, 0.15) is 0 Å². The zero-order chi connectivity index (χ0) is 12.3. The molecule has 0 atom stereocenters. The Kier molecular flexibility index (Phi) is 3.71. The van der Waals surface area contributed by atoms with E-state index in [-0.39, 0.29) is 11.6 Å². The third kappa shape index (κ3) is 2.62. The molecular formula is C11H14FNO3. The van der Waals surface area contributed by atoms with Gasteiger partial charge in [0.2, 0.25) is 0 Å². The van der Waals surface area contributed by atoms with Crippen molar-refractivity contribution in [2.45, 2.75) is 19.9 Å². The van der Waals surface area contributed by atoms with Crippen LogP contribution in [0.25, 0.3) is 0 Å². The summed E-state index contributed by atoms with van der Waals surface area (Å²) in [6.45, 7) is 3.71. The standard InChI is InChI=1S/C11H14FNO3/c1-6(2)13-9-5-8(12)10(14)4-7(9)11(15)16-3/h4-6,13-14H,1-3H3. The smallest absolute Gasteiger partial charge is 0.340 e. The van der Waals surface area contributed by atoms with E-state index >= 15 is 0 Å². The van der Waals surface area contributed by atoms with Crippen LogP contribution in [0, 0.1) is 5.82 Å². The van der Waals surface area contributed by atoms with Gasteiger partial charge >= 0.3 is 5.97 Å². The second-order valence-electron chi connectivity index (χ2n) is 3.64. The predicted octanol–water partition coefficient (Wildman–Crippen LogP) is 2.14. The number of benzene rings is 1. The van der Waals surface area contributed by atoms with Crippen LogP contribution in [0.3, 0.4) is 0 Å². The lowest BCUT2D eigenvalue weighted by Crippen LogP contribution is -2.14. The highest BCUT2D eigenvalue weighted by atomic mass is 19.1. The maximum atomic E-state index is 13.1. The summed E-state index contributed by atoms with van der Waals surface area (Å²) >= 11 is 0. The molecule has 5 heteroatoms. The lowest BCUT2D eigenvalue weighted by molar-refractivity contribution is 0.0601. The summed E-state index contributed by atoms with van der Waals surface area (Å²) in [5, 5.41) is 12.1. The van der Waals surface area contributed by atoms with Gasteiger partial charge in [-0.15, -0.1) is 0 Å². The van der Waals surface area contributed by atoms with Gasteiger partial charge in [-0.1, -0.05) is 0 Å². The number of ether oxygens (including phenoxy) is 1. The van der Waals surface area contributed by atoms with Gasteiger partial charge < -0.3 is 15.2 Å². The number of phenols is 1. The van der Waals surface area contributed by atoms with E-state index in [1.54, 1.807) is 0 Å². The van der Waals surface area contributed by atoms with Crippen molar-refractivity contribution in [3.63, 3.8) is 0 Å². The number of hydrogen-bond acceptors (Lipinski definition) is 4. The van der Waals surface area contributed by atoms with E-state index in [4.69, 9.17) is 0 Å². The van der Waals surface area contributed by atoms with Gasteiger partial charge in [-0.05, 0) is 19.9 Å². The normalized spacial score (nSPS) is 10.3. The lowest BCUT2D eigenvalue weighted by Gasteiger charge is -2.14. The van der Waals surface area contributed by atoms with Crippen LogP contribution in [0.5, 0.6) is 5.75 Å². The fraction of sp³-hybridized carbons (Fsp3) is 0.364. The number of methoxy groups -OCH3 is 1. The van der Waals surface area contributed by atoms with Crippen molar-refractivity contribution >= 4 is 11.7 Å². The number of hydrogen-bond donors (Lipinski definition) is 2. The van der Waals surface area contributed by atoms with Crippen LogP contribution in [-0.4, -0.2) is 24.2 Å². The Morgan fingerprint density at radius 3 is 2.62 bits per heavy atom. The number of esters is 1. The minimum atomic E-state index is -0.782. The molecule has 0 heterocycles. The first-order valence-electron chi connectivity index (χ1n) is 4.83. The number of carbonyl (C=O) groups is 1. The Morgan fingerprint density at radius 2 is 2.12 bits per heavy atom. The molecule has 0 unspecified atom stereocenters. The molecule has 0 aromatic heterocycles. The molecule has 1 rings (SSSR count). The quantitative estimate of drug-likeness (QED) is 0.613. The highest BCUT2D eigenvalue weighted by Crippen LogP contribution is 2.26. The van der Waals surface area contributed by atoms with E-state index in [2.05, 4.69) is 10.1 Å². The fourth-order valence-electron chi connectivity index (χ4n) is 1.27. The molecule has 0 bridgehead atoms. The fourth-order valence-corrected chi connectivity index (χ4v) is 1.27. The van der Waals surface area contributed by atoms with Gasteiger partial charge in [-0.3, -0.25) is 0 Å². The molecule has 0 aliphatic carbocycles. The number of anilines is 1. The topological polar surface area (TPSA) is 58.6 Å². The average molecular weight is 227 g/mol. The molecule has 0 radical (unpaired) electrons. The summed E-state index contributed by atoms with van der Waals surface area (Å²) in [5.74, 6) is -1.98. The van der Waals surface area contributed by atoms with Crippen LogP contribution in [0.2, 0.25) is 0 Å². The highest BCUT2D eigenvalue weighted by molar-refractivity contribution is 5.96. The van der Waals surface area contributed by atoms with Gasteiger partial charge in [0.15, 0.2) is 11.6 Å².